The van der Waals surface area contributed by atoms with Crippen molar-refractivity contribution in [2.24, 2.45) is 0 Å². The molecule has 116 valence electrons. The number of aryl methyl sites for hydroxylation is 1. The van der Waals surface area contributed by atoms with Crippen molar-refractivity contribution in [2.45, 2.75) is 46.0 Å². The molecule has 0 aliphatic rings. The summed E-state index contributed by atoms with van der Waals surface area (Å²) in [7, 11) is 0. The third-order valence-corrected chi connectivity index (χ3v) is 3.67. The highest BCUT2D eigenvalue weighted by Crippen LogP contribution is 2.31. The van der Waals surface area contributed by atoms with E-state index in [0.717, 1.165) is 23.2 Å². The molecule has 0 unspecified atom stereocenters. The SMILES string of the molecule is CCCCCCCNc1ccc(O)c2nccc(C)c12.N. The zero-order valence-corrected chi connectivity index (χ0v) is 13.2. The lowest BCUT2D eigenvalue weighted by Crippen LogP contribution is -2.02. The van der Waals surface area contributed by atoms with E-state index in [1.807, 2.05) is 12.1 Å². The Morgan fingerprint density at radius 2 is 1.86 bits per heavy atom. The van der Waals surface area contributed by atoms with Crippen LogP contribution >= 0.6 is 0 Å². The minimum atomic E-state index is 0. The van der Waals surface area contributed by atoms with Gasteiger partial charge in [-0.15, -0.1) is 0 Å². The topological polar surface area (TPSA) is 80.2 Å². The lowest BCUT2D eigenvalue weighted by molar-refractivity contribution is 0.480. The molecule has 2 aromatic rings. The quantitative estimate of drug-likeness (QED) is 0.505. The van der Waals surface area contributed by atoms with Crippen LogP contribution in [0.25, 0.3) is 10.9 Å². The Hall–Kier alpha value is -1.81. The van der Waals surface area contributed by atoms with Crippen molar-refractivity contribution in [2.75, 3.05) is 11.9 Å². The Bertz CT molecular complexity index is 569. The molecular formula is C17H27N3O. The summed E-state index contributed by atoms with van der Waals surface area (Å²) in [6, 6.07) is 5.64. The van der Waals surface area contributed by atoms with E-state index in [1.165, 1.54) is 32.1 Å². The van der Waals surface area contributed by atoms with E-state index in [-0.39, 0.29) is 11.9 Å². The van der Waals surface area contributed by atoms with E-state index < -0.39 is 0 Å². The van der Waals surface area contributed by atoms with Crippen molar-refractivity contribution < 1.29 is 5.11 Å². The summed E-state index contributed by atoms with van der Waals surface area (Å²) < 4.78 is 0. The lowest BCUT2D eigenvalue weighted by Gasteiger charge is -2.12. The summed E-state index contributed by atoms with van der Waals surface area (Å²) in [5.74, 6) is 0.247. The van der Waals surface area contributed by atoms with Crippen molar-refractivity contribution in [3.05, 3.63) is 30.0 Å². The van der Waals surface area contributed by atoms with Gasteiger partial charge in [0.1, 0.15) is 11.3 Å². The Balaban J connectivity index is 0.00000220. The predicted molar refractivity (Wildman–Crippen MR) is 90.4 cm³/mol. The van der Waals surface area contributed by atoms with Gasteiger partial charge < -0.3 is 16.6 Å². The molecule has 21 heavy (non-hydrogen) atoms. The van der Waals surface area contributed by atoms with Crippen LogP contribution in [0.15, 0.2) is 24.4 Å². The number of phenols is 1. The van der Waals surface area contributed by atoms with Gasteiger partial charge in [0.25, 0.3) is 0 Å². The number of anilines is 1. The van der Waals surface area contributed by atoms with E-state index in [2.05, 4.69) is 24.1 Å². The molecule has 1 heterocycles. The number of aromatic hydroxyl groups is 1. The number of nitrogens with one attached hydrogen (secondary N) is 1. The third-order valence-electron chi connectivity index (χ3n) is 3.67. The van der Waals surface area contributed by atoms with Crippen LogP contribution in [0.3, 0.4) is 0 Å². The van der Waals surface area contributed by atoms with Crippen LogP contribution in [-0.2, 0) is 0 Å². The Morgan fingerprint density at radius 3 is 2.62 bits per heavy atom. The van der Waals surface area contributed by atoms with Gasteiger partial charge in [0, 0.05) is 23.8 Å². The molecule has 1 aromatic heterocycles. The Labute approximate surface area is 127 Å². The first-order valence-corrected chi connectivity index (χ1v) is 7.55. The summed E-state index contributed by atoms with van der Waals surface area (Å²) >= 11 is 0. The summed E-state index contributed by atoms with van der Waals surface area (Å²) in [6.07, 6.45) is 8.11. The highest BCUT2D eigenvalue weighted by Gasteiger charge is 2.08. The summed E-state index contributed by atoms with van der Waals surface area (Å²) in [4.78, 5) is 4.28. The van der Waals surface area contributed by atoms with E-state index >= 15 is 0 Å². The minimum absolute atomic E-state index is 0. The maximum Gasteiger partial charge on any atom is 0.141 e. The monoisotopic (exact) mass is 289 g/mol. The van der Waals surface area contributed by atoms with Crippen molar-refractivity contribution in [1.82, 2.24) is 11.1 Å². The maximum atomic E-state index is 9.90. The van der Waals surface area contributed by atoms with Crippen molar-refractivity contribution >= 4 is 16.6 Å². The van der Waals surface area contributed by atoms with Crippen LogP contribution in [0.5, 0.6) is 5.75 Å². The van der Waals surface area contributed by atoms with Gasteiger partial charge in [0.2, 0.25) is 0 Å². The number of aromatic nitrogens is 1. The average Bonchev–Trinajstić information content (AvgIpc) is 2.45. The largest absolute Gasteiger partial charge is 0.506 e. The fourth-order valence-electron chi connectivity index (χ4n) is 2.52. The van der Waals surface area contributed by atoms with E-state index in [4.69, 9.17) is 0 Å². The molecule has 0 fully saturated rings. The number of hydrogen-bond acceptors (Lipinski definition) is 4. The molecule has 1 aromatic carbocycles. The normalized spacial score (nSPS) is 10.4. The maximum absolute atomic E-state index is 9.90. The van der Waals surface area contributed by atoms with Crippen LogP contribution in [0.1, 0.15) is 44.6 Å². The minimum Gasteiger partial charge on any atom is -0.506 e. The Kier molecular flexibility index (Phi) is 6.96. The van der Waals surface area contributed by atoms with Crippen molar-refractivity contribution in [3.8, 4) is 5.75 Å². The second kappa shape index (κ2) is 8.47. The molecule has 0 radical (unpaired) electrons. The second-order valence-corrected chi connectivity index (χ2v) is 5.32. The smallest absolute Gasteiger partial charge is 0.141 e. The van der Waals surface area contributed by atoms with Gasteiger partial charge in [-0.25, -0.2) is 0 Å². The highest BCUT2D eigenvalue weighted by atomic mass is 16.3. The lowest BCUT2D eigenvalue weighted by atomic mass is 10.1. The zero-order valence-electron chi connectivity index (χ0n) is 13.2. The molecule has 0 spiro atoms. The number of phenolic OH excluding ortho intramolecular Hbond substituents is 1. The number of pyridine rings is 1. The van der Waals surface area contributed by atoms with E-state index in [9.17, 15) is 5.11 Å². The standard InChI is InChI=1S/C17H24N2O.H3N/c1-3-4-5-6-7-11-18-14-8-9-15(20)17-16(14)13(2)10-12-19-17;/h8-10,12,18,20H,3-7,11H2,1-2H3;1H3. The number of benzene rings is 1. The molecule has 4 nitrogen and oxygen atoms in total. The third kappa shape index (κ3) is 4.33. The molecule has 0 atom stereocenters. The first kappa shape index (κ1) is 17.2. The number of unbranched alkanes of at least 4 members (excludes halogenated alkanes) is 4. The van der Waals surface area contributed by atoms with Crippen LogP contribution in [0.4, 0.5) is 5.69 Å². The second-order valence-electron chi connectivity index (χ2n) is 5.32. The molecule has 4 heteroatoms. The van der Waals surface area contributed by atoms with Crippen LogP contribution < -0.4 is 11.5 Å². The molecule has 0 aliphatic carbocycles. The van der Waals surface area contributed by atoms with Gasteiger partial charge in [-0.2, -0.15) is 0 Å². The predicted octanol–water partition coefficient (Wildman–Crippen LogP) is 4.79. The van der Waals surface area contributed by atoms with Crippen LogP contribution in [0.2, 0.25) is 0 Å². The first-order valence-electron chi connectivity index (χ1n) is 7.55. The number of rotatable bonds is 7. The van der Waals surface area contributed by atoms with Crippen molar-refractivity contribution in [1.29, 1.82) is 0 Å². The molecule has 2 rings (SSSR count). The molecule has 0 amide bonds. The van der Waals surface area contributed by atoms with Gasteiger partial charge >= 0.3 is 0 Å². The van der Waals surface area contributed by atoms with Gasteiger partial charge in [0.15, 0.2) is 0 Å². The van der Waals surface area contributed by atoms with Gasteiger partial charge in [-0.05, 0) is 37.1 Å². The fourth-order valence-corrected chi connectivity index (χ4v) is 2.52. The first-order chi connectivity index (χ1) is 9.74. The summed E-state index contributed by atoms with van der Waals surface area (Å²) in [6.45, 7) is 5.25. The molecule has 0 saturated carbocycles. The molecule has 5 N–H and O–H groups in total. The highest BCUT2D eigenvalue weighted by molar-refractivity contribution is 5.97. The van der Waals surface area contributed by atoms with Crippen LogP contribution in [-0.4, -0.2) is 16.6 Å². The fraction of sp³-hybridized carbons (Fsp3) is 0.471. The molecule has 0 saturated heterocycles. The van der Waals surface area contributed by atoms with Crippen LogP contribution in [0, 0.1) is 6.92 Å². The Morgan fingerprint density at radius 1 is 1.10 bits per heavy atom. The summed E-state index contributed by atoms with van der Waals surface area (Å²) in [5.41, 5.74) is 2.89. The number of hydrogen-bond donors (Lipinski definition) is 3. The zero-order chi connectivity index (χ0) is 14.4. The van der Waals surface area contributed by atoms with E-state index in [0.29, 0.717) is 5.52 Å². The van der Waals surface area contributed by atoms with Gasteiger partial charge in [-0.3, -0.25) is 4.98 Å². The molecule has 0 bridgehead atoms. The van der Waals surface area contributed by atoms with E-state index in [1.54, 1.807) is 12.3 Å². The summed E-state index contributed by atoms with van der Waals surface area (Å²) in [5, 5.41) is 14.4. The number of fused-ring (bicyclic) bond motifs is 1. The van der Waals surface area contributed by atoms with Crippen molar-refractivity contribution in [3.63, 3.8) is 0 Å². The number of nitrogens with zero attached hydrogens (tertiary/aromatic N) is 1. The van der Waals surface area contributed by atoms with Gasteiger partial charge in [0.05, 0.1) is 0 Å². The van der Waals surface area contributed by atoms with Gasteiger partial charge in [-0.1, -0.05) is 32.6 Å². The average molecular weight is 289 g/mol. The molecular weight excluding hydrogens is 262 g/mol. The molecule has 0 aliphatic heterocycles.